The fourth-order valence-corrected chi connectivity index (χ4v) is 1.34. The lowest BCUT2D eigenvalue weighted by atomic mass is 10.3. The fourth-order valence-electron chi connectivity index (χ4n) is 1.34. The van der Waals surface area contributed by atoms with Gasteiger partial charge in [0, 0.05) is 6.20 Å². The average molecular weight is 190 g/mol. The molecule has 0 fully saturated rings. The highest BCUT2D eigenvalue weighted by Crippen LogP contribution is 2.15. The van der Waals surface area contributed by atoms with Gasteiger partial charge in [0.05, 0.1) is 11.9 Å². The lowest BCUT2D eigenvalue weighted by Crippen LogP contribution is -2.14. The number of hydrogen-bond donors (Lipinski definition) is 0. The van der Waals surface area contributed by atoms with E-state index in [1.54, 1.807) is 10.9 Å². The minimum absolute atomic E-state index is 0.326. The van der Waals surface area contributed by atoms with Gasteiger partial charge in [-0.05, 0) is 26.3 Å². The first-order chi connectivity index (χ1) is 6.61. The monoisotopic (exact) mass is 190 g/mol. The first-order valence-electron chi connectivity index (χ1n) is 4.81. The topological polar surface area (TPSA) is 42.5 Å². The minimum atomic E-state index is -0.326. The second-order valence-electron chi connectivity index (χ2n) is 3.83. The molecule has 0 atom stereocenters. The van der Waals surface area contributed by atoms with Crippen LogP contribution in [0.5, 0.6) is 0 Å². The Labute approximate surface area is 83.4 Å². The predicted molar refractivity (Wildman–Crippen MR) is 57.0 cm³/mol. The van der Waals surface area contributed by atoms with Crippen LogP contribution < -0.4 is 0 Å². The molecule has 0 unspecified atom stereocenters. The van der Waals surface area contributed by atoms with E-state index in [2.05, 4.69) is 22.0 Å². The summed E-state index contributed by atoms with van der Waals surface area (Å²) in [5, 5.41) is 4.37. The first-order valence-corrected chi connectivity index (χ1v) is 4.81. The van der Waals surface area contributed by atoms with Crippen molar-refractivity contribution in [3.63, 3.8) is 0 Å². The van der Waals surface area contributed by atoms with Crippen LogP contribution in [0.2, 0.25) is 0 Å². The van der Waals surface area contributed by atoms with E-state index in [0.29, 0.717) is 0 Å². The van der Waals surface area contributed by atoms with E-state index in [-0.39, 0.29) is 5.66 Å². The Hall–Kier alpha value is -1.45. The Morgan fingerprint density at radius 2 is 2.21 bits per heavy atom. The number of hydrogen-bond acceptors (Lipinski definition) is 3. The van der Waals surface area contributed by atoms with Gasteiger partial charge in [-0.2, -0.15) is 5.10 Å². The van der Waals surface area contributed by atoms with Crippen LogP contribution >= 0.6 is 0 Å². The zero-order chi connectivity index (χ0) is 10.2. The van der Waals surface area contributed by atoms with E-state index >= 15 is 0 Å². The molecule has 14 heavy (non-hydrogen) atoms. The minimum Gasteiger partial charge on any atom is -0.260 e. The quantitative estimate of drug-likeness (QED) is 0.662. The van der Waals surface area contributed by atoms with Gasteiger partial charge in [0.1, 0.15) is 5.66 Å². The van der Waals surface area contributed by atoms with Crippen LogP contribution in [0, 0.1) is 0 Å². The van der Waals surface area contributed by atoms with E-state index in [1.807, 2.05) is 26.1 Å². The summed E-state index contributed by atoms with van der Waals surface area (Å²) in [6, 6.07) is 2.00. The maximum atomic E-state index is 4.43. The highest BCUT2D eigenvalue weighted by Gasteiger charge is 2.20. The zero-order valence-corrected chi connectivity index (χ0v) is 8.73. The van der Waals surface area contributed by atoms with E-state index < -0.39 is 0 Å². The molecule has 2 rings (SSSR count). The molecule has 0 spiro atoms. The van der Waals surface area contributed by atoms with Crippen molar-refractivity contribution in [3.05, 3.63) is 18.0 Å². The fraction of sp³-hybridized carbons (Fsp3) is 0.500. The molecule has 2 heterocycles. The maximum absolute atomic E-state index is 4.43. The molecule has 0 bridgehead atoms. The summed E-state index contributed by atoms with van der Waals surface area (Å²) in [7, 11) is 0. The lowest BCUT2D eigenvalue weighted by Gasteiger charge is -2.07. The van der Waals surface area contributed by atoms with Gasteiger partial charge in [0.15, 0.2) is 5.84 Å². The molecule has 1 aromatic rings. The molecule has 4 nitrogen and oxygen atoms in total. The van der Waals surface area contributed by atoms with E-state index in [1.165, 1.54) is 0 Å². The van der Waals surface area contributed by atoms with Crippen molar-refractivity contribution in [2.45, 2.75) is 32.9 Å². The van der Waals surface area contributed by atoms with Crippen LogP contribution in [0.1, 0.15) is 26.5 Å². The third kappa shape index (κ3) is 1.60. The second-order valence-corrected chi connectivity index (χ2v) is 3.83. The largest absolute Gasteiger partial charge is 0.260 e. The van der Waals surface area contributed by atoms with E-state index in [9.17, 15) is 0 Å². The average Bonchev–Trinajstić information content (AvgIpc) is 2.70. The molecule has 0 saturated carbocycles. The number of aryl methyl sites for hydroxylation is 1. The summed E-state index contributed by atoms with van der Waals surface area (Å²) in [4.78, 5) is 8.70. The number of rotatable bonds is 1. The van der Waals surface area contributed by atoms with Gasteiger partial charge in [-0.15, -0.1) is 0 Å². The molecular weight excluding hydrogens is 176 g/mol. The zero-order valence-electron chi connectivity index (χ0n) is 8.73. The Morgan fingerprint density at radius 3 is 2.71 bits per heavy atom. The van der Waals surface area contributed by atoms with Crippen LogP contribution in [0.25, 0.3) is 0 Å². The van der Waals surface area contributed by atoms with Gasteiger partial charge < -0.3 is 0 Å². The van der Waals surface area contributed by atoms with Crippen molar-refractivity contribution in [2.24, 2.45) is 9.98 Å². The summed E-state index contributed by atoms with van der Waals surface area (Å²) < 4.78 is 1.77. The Kier molecular flexibility index (Phi) is 1.98. The standard InChI is InChI=1S/C10H14N4/c1-4-8-5-6-14(13-8)9-7-11-10(2,3)12-9/h5-7H,4H2,1-3H3. The molecule has 0 radical (unpaired) electrons. The number of aliphatic imine (C=N–C) groups is 2. The van der Waals surface area contributed by atoms with Gasteiger partial charge in [0.25, 0.3) is 0 Å². The Morgan fingerprint density at radius 1 is 1.43 bits per heavy atom. The SMILES string of the molecule is CCc1ccn(C2=NC(C)(C)N=C2)n1. The third-order valence-corrected chi connectivity index (χ3v) is 2.13. The van der Waals surface area contributed by atoms with Crippen molar-refractivity contribution in [1.29, 1.82) is 0 Å². The molecule has 0 aliphatic carbocycles. The molecular formula is C10H14N4. The molecule has 74 valence electrons. The second kappa shape index (κ2) is 3.04. The van der Waals surface area contributed by atoms with E-state index in [4.69, 9.17) is 0 Å². The van der Waals surface area contributed by atoms with Gasteiger partial charge >= 0.3 is 0 Å². The Bertz CT molecular complexity index is 398. The van der Waals surface area contributed by atoms with Crippen LogP contribution in [-0.2, 0) is 6.42 Å². The van der Waals surface area contributed by atoms with Crippen molar-refractivity contribution in [1.82, 2.24) is 9.78 Å². The molecule has 1 aliphatic rings. The summed E-state index contributed by atoms with van der Waals surface area (Å²) in [5.41, 5.74) is 0.749. The maximum Gasteiger partial charge on any atom is 0.169 e. The van der Waals surface area contributed by atoms with Crippen molar-refractivity contribution >= 4 is 12.1 Å². The number of aromatic nitrogens is 2. The molecule has 1 aromatic heterocycles. The van der Waals surface area contributed by atoms with Gasteiger partial charge in [-0.3, -0.25) is 4.99 Å². The van der Waals surface area contributed by atoms with Crippen molar-refractivity contribution < 1.29 is 0 Å². The molecule has 0 aromatic carbocycles. The van der Waals surface area contributed by atoms with Gasteiger partial charge in [-0.25, -0.2) is 9.67 Å². The van der Waals surface area contributed by atoms with Gasteiger partial charge in [-0.1, -0.05) is 6.92 Å². The summed E-state index contributed by atoms with van der Waals surface area (Å²) in [6.45, 7) is 6.03. The van der Waals surface area contributed by atoms with Crippen molar-refractivity contribution in [2.75, 3.05) is 0 Å². The highest BCUT2D eigenvalue weighted by atomic mass is 15.3. The van der Waals surface area contributed by atoms with Gasteiger partial charge in [0.2, 0.25) is 0 Å². The summed E-state index contributed by atoms with van der Waals surface area (Å²) in [5.74, 6) is 0.815. The van der Waals surface area contributed by atoms with Crippen molar-refractivity contribution in [3.8, 4) is 0 Å². The normalized spacial score (nSPS) is 18.6. The summed E-state index contributed by atoms with van der Waals surface area (Å²) >= 11 is 0. The lowest BCUT2D eigenvalue weighted by molar-refractivity contribution is 0.565. The smallest absolute Gasteiger partial charge is 0.169 e. The highest BCUT2D eigenvalue weighted by molar-refractivity contribution is 6.31. The van der Waals surface area contributed by atoms with E-state index in [0.717, 1.165) is 18.0 Å². The molecule has 1 aliphatic heterocycles. The predicted octanol–water partition coefficient (Wildman–Crippen LogP) is 1.51. The Balaban J connectivity index is 2.30. The first kappa shape index (κ1) is 9.12. The molecule has 0 N–H and O–H groups in total. The molecule has 0 saturated heterocycles. The van der Waals surface area contributed by atoms with Crippen LogP contribution in [0.4, 0.5) is 0 Å². The third-order valence-electron chi connectivity index (χ3n) is 2.13. The number of nitrogens with zero attached hydrogens (tertiary/aromatic N) is 4. The van der Waals surface area contributed by atoms with Crippen LogP contribution in [-0.4, -0.2) is 27.5 Å². The molecule has 4 heteroatoms. The summed E-state index contributed by atoms with van der Waals surface area (Å²) in [6.07, 6.45) is 4.64. The van der Waals surface area contributed by atoms with Crippen LogP contribution in [0.15, 0.2) is 22.2 Å². The molecule has 0 amide bonds. The van der Waals surface area contributed by atoms with Crippen LogP contribution in [0.3, 0.4) is 0 Å².